The van der Waals surface area contributed by atoms with Crippen molar-refractivity contribution in [1.29, 1.82) is 0 Å². The van der Waals surface area contributed by atoms with Crippen LogP contribution in [-0.4, -0.2) is 50.1 Å². The molecule has 2 N–H and O–H groups in total. The molecular formula is C26H32F3N3O4S2. The van der Waals surface area contributed by atoms with Gasteiger partial charge in [-0.2, -0.15) is 13.2 Å². The molecule has 0 saturated carbocycles. The monoisotopic (exact) mass is 571 g/mol. The molecule has 1 aliphatic rings. The molecule has 1 saturated heterocycles. The van der Waals surface area contributed by atoms with Crippen molar-refractivity contribution in [3.63, 3.8) is 0 Å². The molecule has 7 nitrogen and oxygen atoms in total. The minimum atomic E-state index is -4.93. The molecule has 2 unspecified atom stereocenters. The summed E-state index contributed by atoms with van der Waals surface area (Å²) in [5.74, 6) is 0. The number of alkyl halides is 3. The van der Waals surface area contributed by atoms with Gasteiger partial charge in [0, 0.05) is 25.8 Å². The van der Waals surface area contributed by atoms with E-state index >= 15 is 0 Å². The van der Waals surface area contributed by atoms with Crippen LogP contribution >= 0.6 is 0 Å². The standard InChI is InChI=1S/C26H32F3N3O4S2/c1-5-24(18-7-9-20(10-8-18)32(3)4)37(33,34)21-11-12-23(26(27,28)29)22(17-21)25(6-2)38(35,36)31-19-13-15-30-16-14-19/h5-12,17,19,24-25,30-31H,1-2,13-16H2,3-4H3. The summed E-state index contributed by atoms with van der Waals surface area (Å²) in [5.41, 5.74) is -0.762. The molecule has 12 heteroatoms. The molecule has 1 fully saturated rings. The van der Waals surface area contributed by atoms with E-state index in [4.69, 9.17) is 0 Å². The van der Waals surface area contributed by atoms with Gasteiger partial charge in [0.25, 0.3) is 0 Å². The molecule has 2 atom stereocenters. The van der Waals surface area contributed by atoms with Crippen LogP contribution in [0.15, 0.2) is 72.7 Å². The van der Waals surface area contributed by atoms with Crippen molar-refractivity contribution in [2.24, 2.45) is 0 Å². The Hall–Kier alpha value is -2.67. The van der Waals surface area contributed by atoms with Crippen molar-refractivity contribution in [2.45, 2.75) is 40.5 Å². The maximum atomic E-state index is 14.0. The number of hydrogen-bond donors (Lipinski definition) is 2. The van der Waals surface area contributed by atoms with Crippen molar-refractivity contribution in [3.8, 4) is 0 Å². The first-order chi connectivity index (χ1) is 17.7. The molecule has 0 bridgehead atoms. The van der Waals surface area contributed by atoms with Gasteiger partial charge in [-0.15, -0.1) is 13.2 Å². The number of piperidine rings is 1. The SMILES string of the molecule is C=CC(c1cc(S(=O)(=O)C(C=C)c2ccc(N(C)C)cc2)ccc1C(F)(F)F)S(=O)(=O)NC1CCNCC1. The third kappa shape index (κ3) is 6.48. The van der Waals surface area contributed by atoms with Gasteiger partial charge in [0.15, 0.2) is 9.84 Å². The van der Waals surface area contributed by atoms with Crippen molar-refractivity contribution in [3.05, 3.63) is 84.5 Å². The Morgan fingerprint density at radius 1 is 0.974 bits per heavy atom. The summed E-state index contributed by atoms with van der Waals surface area (Å²) in [6, 6.07) is 8.41. The van der Waals surface area contributed by atoms with Gasteiger partial charge in [0.05, 0.1) is 10.5 Å². The van der Waals surface area contributed by atoms with E-state index in [1.165, 1.54) is 6.08 Å². The number of halogens is 3. The van der Waals surface area contributed by atoms with Crippen LogP contribution in [0.5, 0.6) is 0 Å². The summed E-state index contributed by atoms with van der Waals surface area (Å²) in [6.45, 7) is 8.21. The van der Waals surface area contributed by atoms with Crippen LogP contribution in [0.3, 0.4) is 0 Å². The van der Waals surface area contributed by atoms with Gasteiger partial charge in [-0.25, -0.2) is 21.6 Å². The van der Waals surface area contributed by atoms with E-state index in [2.05, 4.69) is 23.2 Å². The molecule has 0 radical (unpaired) electrons. The third-order valence-corrected chi connectivity index (χ3v) is 10.3. The van der Waals surface area contributed by atoms with Crippen LogP contribution in [0, 0.1) is 0 Å². The van der Waals surface area contributed by atoms with Gasteiger partial charge in [-0.05, 0) is 67.4 Å². The highest BCUT2D eigenvalue weighted by Crippen LogP contribution is 2.40. The predicted octanol–water partition coefficient (Wildman–Crippen LogP) is 4.37. The fourth-order valence-corrected chi connectivity index (χ4v) is 7.67. The van der Waals surface area contributed by atoms with E-state index in [9.17, 15) is 30.0 Å². The largest absolute Gasteiger partial charge is 0.416 e. The first-order valence-corrected chi connectivity index (χ1v) is 15.0. The normalized spacial score (nSPS) is 17.0. The molecule has 1 heterocycles. The maximum absolute atomic E-state index is 14.0. The summed E-state index contributed by atoms with van der Waals surface area (Å²) in [7, 11) is -5.02. The summed E-state index contributed by atoms with van der Waals surface area (Å²) >= 11 is 0. The molecule has 2 aromatic rings. The lowest BCUT2D eigenvalue weighted by molar-refractivity contribution is -0.138. The van der Waals surface area contributed by atoms with Gasteiger partial charge >= 0.3 is 6.18 Å². The molecule has 0 amide bonds. The fourth-order valence-electron chi connectivity index (χ4n) is 4.43. The average Bonchev–Trinajstić information content (AvgIpc) is 2.84. The topological polar surface area (TPSA) is 95.6 Å². The van der Waals surface area contributed by atoms with Crippen LogP contribution in [0.1, 0.15) is 40.0 Å². The molecule has 208 valence electrons. The molecule has 1 aliphatic heterocycles. The summed E-state index contributed by atoms with van der Waals surface area (Å²) < 4.78 is 98.1. The number of anilines is 1. The molecule has 2 aromatic carbocycles. The Bertz CT molecular complexity index is 1370. The van der Waals surface area contributed by atoms with Gasteiger partial charge in [0.1, 0.15) is 10.5 Å². The second kappa shape index (κ2) is 11.6. The van der Waals surface area contributed by atoms with E-state index in [1.54, 1.807) is 24.3 Å². The Kier molecular flexibility index (Phi) is 9.12. The number of hydrogen-bond acceptors (Lipinski definition) is 6. The van der Waals surface area contributed by atoms with Crippen LogP contribution < -0.4 is 14.9 Å². The molecule has 3 rings (SSSR count). The average molecular weight is 572 g/mol. The zero-order valence-corrected chi connectivity index (χ0v) is 22.8. The van der Waals surface area contributed by atoms with Crippen molar-refractivity contribution in [2.75, 3.05) is 32.1 Å². The molecule has 0 aromatic heterocycles. The number of benzene rings is 2. The summed E-state index contributed by atoms with van der Waals surface area (Å²) in [4.78, 5) is 1.38. The zero-order valence-electron chi connectivity index (χ0n) is 21.2. The lowest BCUT2D eigenvalue weighted by Crippen LogP contribution is -2.44. The Balaban J connectivity index is 2.10. The molecule has 0 spiro atoms. The van der Waals surface area contributed by atoms with E-state index in [-0.39, 0.29) is 0 Å². The number of sulfonamides is 1. The highest BCUT2D eigenvalue weighted by atomic mass is 32.2. The fraction of sp³-hybridized carbons (Fsp3) is 0.385. The Morgan fingerprint density at radius 3 is 2.05 bits per heavy atom. The lowest BCUT2D eigenvalue weighted by atomic mass is 10.0. The van der Waals surface area contributed by atoms with E-state index in [0.29, 0.717) is 37.6 Å². The highest BCUT2D eigenvalue weighted by Gasteiger charge is 2.40. The third-order valence-electron chi connectivity index (χ3n) is 6.47. The number of rotatable bonds is 10. The first-order valence-electron chi connectivity index (χ1n) is 11.9. The zero-order chi connectivity index (χ0) is 28.3. The second-order valence-corrected chi connectivity index (χ2v) is 13.2. The number of nitrogens with zero attached hydrogens (tertiary/aromatic N) is 1. The summed E-state index contributed by atoms with van der Waals surface area (Å²) in [5, 5.41) is -0.0110. The van der Waals surface area contributed by atoms with Crippen LogP contribution in [0.4, 0.5) is 18.9 Å². The Labute approximate surface area is 222 Å². The molecular weight excluding hydrogens is 539 g/mol. The van der Waals surface area contributed by atoms with E-state index in [0.717, 1.165) is 23.9 Å². The van der Waals surface area contributed by atoms with Crippen molar-refractivity contribution < 1.29 is 30.0 Å². The highest BCUT2D eigenvalue weighted by molar-refractivity contribution is 7.92. The predicted molar refractivity (Wildman–Crippen MR) is 143 cm³/mol. The van der Waals surface area contributed by atoms with Gasteiger partial charge in [0.2, 0.25) is 10.0 Å². The van der Waals surface area contributed by atoms with Gasteiger partial charge < -0.3 is 10.2 Å². The second-order valence-electron chi connectivity index (χ2n) is 9.28. The quantitative estimate of drug-likeness (QED) is 0.412. The van der Waals surface area contributed by atoms with Crippen molar-refractivity contribution in [1.82, 2.24) is 10.0 Å². The number of nitrogens with one attached hydrogen (secondary N) is 2. The smallest absolute Gasteiger partial charge is 0.378 e. The molecule has 0 aliphatic carbocycles. The number of sulfone groups is 1. The van der Waals surface area contributed by atoms with Crippen LogP contribution in [-0.2, 0) is 26.0 Å². The van der Waals surface area contributed by atoms with Crippen LogP contribution in [0.25, 0.3) is 0 Å². The maximum Gasteiger partial charge on any atom is 0.416 e. The lowest BCUT2D eigenvalue weighted by Gasteiger charge is -2.27. The van der Waals surface area contributed by atoms with Crippen molar-refractivity contribution >= 4 is 25.5 Å². The van der Waals surface area contributed by atoms with Crippen LogP contribution in [0.2, 0.25) is 0 Å². The first kappa shape index (κ1) is 29.9. The van der Waals surface area contributed by atoms with E-state index < -0.39 is 58.6 Å². The Morgan fingerprint density at radius 2 is 1.55 bits per heavy atom. The van der Waals surface area contributed by atoms with Gasteiger partial charge in [-0.3, -0.25) is 0 Å². The minimum absolute atomic E-state index is 0.368. The van der Waals surface area contributed by atoms with Gasteiger partial charge in [-0.1, -0.05) is 24.3 Å². The summed E-state index contributed by atoms with van der Waals surface area (Å²) in [6.07, 6.45) is -1.91. The van der Waals surface area contributed by atoms with E-state index in [1.807, 2.05) is 19.0 Å². The molecule has 38 heavy (non-hydrogen) atoms. The minimum Gasteiger partial charge on any atom is -0.378 e.